The van der Waals surface area contributed by atoms with Crippen molar-refractivity contribution in [3.8, 4) is 39.5 Å². The summed E-state index contributed by atoms with van der Waals surface area (Å²) in [6.07, 6.45) is 0. The first kappa shape index (κ1) is 32.1. The molecule has 0 amide bonds. The lowest BCUT2D eigenvalue weighted by atomic mass is 10.0. The van der Waals surface area contributed by atoms with E-state index in [9.17, 15) is 0 Å². The number of hydrogen-bond donors (Lipinski definition) is 0. The average Bonchev–Trinajstić information content (AvgIpc) is 3.96. The first-order valence-corrected chi connectivity index (χ1v) is 19.9. The third kappa shape index (κ3) is 4.79. The molecule has 0 atom stereocenters. The van der Waals surface area contributed by atoms with Crippen molar-refractivity contribution >= 4 is 87.4 Å². The van der Waals surface area contributed by atoms with Crippen molar-refractivity contribution in [3.63, 3.8) is 0 Å². The van der Waals surface area contributed by atoms with Crippen molar-refractivity contribution in [2.75, 3.05) is 0 Å². The molecule has 5 nitrogen and oxygen atoms in total. The van der Waals surface area contributed by atoms with Gasteiger partial charge in [0.1, 0.15) is 22.4 Å². The molecular formula is C54H31N3O2. The van der Waals surface area contributed by atoms with E-state index in [2.05, 4.69) is 168 Å². The number of para-hydroxylation sites is 1. The Hall–Kier alpha value is -8.02. The molecule has 59 heavy (non-hydrogen) atoms. The maximum atomic E-state index is 7.08. The Labute approximate surface area is 337 Å². The molecular weight excluding hydrogens is 723 g/mol. The number of benzene rings is 9. The number of aromatic nitrogens is 3. The van der Waals surface area contributed by atoms with E-state index >= 15 is 0 Å². The van der Waals surface area contributed by atoms with E-state index in [1.165, 1.54) is 21.5 Å². The number of fused-ring (bicyclic) bond motifs is 11. The minimum atomic E-state index is 0.604. The zero-order valence-corrected chi connectivity index (χ0v) is 31.6. The Balaban J connectivity index is 1.13. The Kier molecular flexibility index (Phi) is 6.66. The number of hydrogen-bond acceptors (Lipinski definition) is 4. The Morgan fingerprint density at radius 2 is 1.02 bits per heavy atom. The molecule has 9 aromatic carbocycles. The summed E-state index contributed by atoms with van der Waals surface area (Å²) < 4.78 is 16.2. The van der Waals surface area contributed by atoms with Crippen LogP contribution in [0.1, 0.15) is 0 Å². The van der Waals surface area contributed by atoms with Crippen LogP contribution >= 0.6 is 0 Å². The molecule has 0 unspecified atom stereocenters. The number of rotatable bonds is 4. The monoisotopic (exact) mass is 753 g/mol. The number of furan rings is 2. The normalized spacial score (nSPS) is 12.1. The zero-order chi connectivity index (χ0) is 38.6. The Morgan fingerprint density at radius 1 is 0.390 bits per heavy atom. The molecule has 0 N–H and O–H groups in total. The molecule has 13 aromatic rings. The van der Waals surface area contributed by atoms with Crippen LogP contribution in [0, 0.1) is 0 Å². The minimum absolute atomic E-state index is 0.604. The highest BCUT2D eigenvalue weighted by Crippen LogP contribution is 2.45. The van der Waals surface area contributed by atoms with Gasteiger partial charge in [-0.25, -0.2) is 9.97 Å². The van der Waals surface area contributed by atoms with Gasteiger partial charge in [-0.3, -0.25) is 0 Å². The molecule has 0 aliphatic rings. The van der Waals surface area contributed by atoms with Crippen molar-refractivity contribution < 1.29 is 8.83 Å². The second kappa shape index (κ2) is 12.2. The van der Waals surface area contributed by atoms with E-state index in [1.807, 2.05) is 24.3 Å². The average molecular weight is 754 g/mol. The summed E-state index contributed by atoms with van der Waals surface area (Å²) in [5.41, 5.74) is 11.8. The molecule has 0 radical (unpaired) electrons. The smallest absolute Gasteiger partial charge is 0.180 e. The number of nitrogens with zero attached hydrogens (tertiary/aromatic N) is 3. The van der Waals surface area contributed by atoms with E-state index in [4.69, 9.17) is 18.8 Å². The predicted octanol–water partition coefficient (Wildman–Crippen LogP) is 14.7. The summed E-state index contributed by atoms with van der Waals surface area (Å²) >= 11 is 0. The molecule has 13 rings (SSSR count). The molecule has 0 saturated heterocycles. The van der Waals surface area contributed by atoms with Gasteiger partial charge < -0.3 is 13.4 Å². The van der Waals surface area contributed by atoms with Crippen LogP contribution in [0.25, 0.3) is 127 Å². The van der Waals surface area contributed by atoms with Crippen molar-refractivity contribution in [1.29, 1.82) is 0 Å². The molecule has 0 spiro atoms. The summed E-state index contributed by atoms with van der Waals surface area (Å²) in [4.78, 5) is 10.8. The predicted molar refractivity (Wildman–Crippen MR) is 242 cm³/mol. The van der Waals surface area contributed by atoms with Gasteiger partial charge in [-0.15, -0.1) is 0 Å². The standard InChI is InChI=1S/C54H31N3O2/c1-3-13-32(14-4-1)38-23-24-40-47(31-38)59-53-50(33-15-5-2-6-16-33)55-54(56-51(40)53)41-25-26-45(52-49(41)43-28-35-18-8-10-20-37(35)30-48(43)58-52)57-44-22-12-11-21-39(44)42-27-34-17-7-9-19-36(34)29-46(42)57/h1-31H. The van der Waals surface area contributed by atoms with Crippen LogP contribution in [0.4, 0.5) is 0 Å². The van der Waals surface area contributed by atoms with E-state index < -0.39 is 0 Å². The molecule has 4 heterocycles. The van der Waals surface area contributed by atoms with E-state index in [0.29, 0.717) is 11.4 Å². The second-order valence-electron chi connectivity index (χ2n) is 15.3. The van der Waals surface area contributed by atoms with Gasteiger partial charge in [0.15, 0.2) is 17.0 Å². The molecule has 0 aliphatic heterocycles. The van der Waals surface area contributed by atoms with Crippen molar-refractivity contribution in [1.82, 2.24) is 14.5 Å². The van der Waals surface area contributed by atoms with Crippen molar-refractivity contribution in [2.45, 2.75) is 0 Å². The van der Waals surface area contributed by atoms with Crippen LogP contribution in [0.15, 0.2) is 197 Å². The first-order valence-electron chi connectivity index (χ1n) is 19.9. The molecule has 0 aliphatic carbocycles. The van der Waals surface area contributed by atoms with Gasteiger partial charge in [0.05, 0.1) is 16.7 Å². The third-order valence-corrected chi connectivity index (χ3v) is 12.0. The lowest BCUT2D eigenvalue weighted by molar-refractivity contribution is 0.667. The Morgan fingerprint density at radius 3 is 1.80 bits per heavy atom. The highest BCUT2D eigenvalue weighted by Gasteiger charge is 2.25. The van der Waals surface area contributed by atoms with Crippen LogP contribution in [0.2, 0.25) is 0 Å². The lowest BCUT2D eigenvalue weighted by Crippen LogP contribution is -1.98. The molecule has 0 bridgehead atoms. The first-order chi connectivity index (χ1) is 29.2. The maximum Gasteiger partial charge on any atom is 0.180 e. The van der Waals surface area contributed by atoms with Gasteiger partial charge in [0.2, 0.25) is 0 Å². The van der Waals surface area contributed by atoms with Crippen LogP contribution in [0.5, 0.6) is 0 Å². The maximum absolute atomic E-state index is 7.08. The van der Waals surface area contributed by atoms with Crippen LogP contribution in [-0.4, -0.2) is 14.5 Å². The van der Waals surface area contributed by atoms with Crippen molar-refractivity contribution in [3.05, 3.63) is 188 Å². The summed E-state index contributed by atoms with van der Waals surface area (Å²) in [6.45, 7) is 0. The van der Waals surface area contributed by atoms with Gasteiger partial charge >= 0.3 is 0 Å². The van der Waals surface area contributed by atoms with Crippen LogP contribution in [-0.2, 0) is 0 Å². The van der Waals surface area contributed by atoms with Gasteiger partial charge in [-0.2, -0.15) is 0 Å². The molecule has 0 saturated carbocycles. The van der Waals surface area contributed by atoms with Gasteiger partial charge in [-0.1, -0.05) is 133 Å². The summed E-state index contributed by atoms with van der Waals surface area (Å²) in [5.74, 6) is 0.604. The van der Waals surface area contributed by atoms with Gasteiger partial charge in [0, 0.05) is 38.1 Å². The Bertz CT molecular complexity index is 3840. The summed E-state index contributed by atoms with van der Waals surface area (Å²) in [6, 6.07) is 66.1. The quantitative estimate of drug-likeness (QED) is 0.180. The van der Waals surface area contributed by atoms with E-state index in [1.54, 1.807) is 0 Å². The molecule has 5 heteroatoms. The molecule has 4 aromatic heterocycles. The largest absolute Gasteiger partial charge is 0.454 e. The van der Waals surface area contributed by atoms with Crippen LogP contribution < -0.4 is 0 Å². The van der Waals surface area contributed by atoms with Crippen molar-refractivity contribution in [2.24, 2.45) is 0 Å². The van der Waals surface area contributed by atoms with Gasteiger partial charge in [-0.05, 0) is 87.3 Å². The topological polar surface area (TPSA) is 57.0 Å². The fourth-order valence-electron chi connectivity index (χ4n) is 9.19. The van der Waals surface area contributed by atoms with E-state index in [0.717, 1.165) is 93.9 Å². The minimum Gasteiger partial charge on any atom is -0.454 e. The lowest BCUT2D eigenvalue weighted by Gasteiger charge is -2.12. The SMILES string of the molecule is c1ccc(-c2ccc3c(c2)oc2c(-c4ccccc4)nc(-c4ccc(-n5c6ccccc6c6cc7ccccc7cc65)c5oc6cc7ccccc7cc6c45)nc23)cc1. The highest BCUT2D eigenvalue weighted by molar-refractivity contribution is 6.20. The molecule has 274 valence electrons. The van der Waals surface area contributed by atoms with E-state index in [-0.39, 0.29) is 0 Å². The fourth-order valence-corrected chi connectivity index (χ4v) is 9.19. The zero-order valence-electron chi connectivity index (χ0n) is 31.6. The van der Waals surface area contributed by atoms with Gasteiger partial charge in [0.25, 0.3) is 0 Å². The highest BCUT2D eigenvalue weighted by atomic mass is 16.3. The molecule has 0 fully saturated rings. The summed E-state index contributed by atoms with van der Waals surface area (Å²) in [5, 5.41) is 9.96. The van der Waals surface area contributed by atoms with Crippen LogP contribution in [0.3, 0.4) is 0 Å². The summed E-state index contributed by atoms with van der Waals surface area (Å²) in [7, 11) is 0. The second-order valence-corrected chi connectivity index (χ2v) is 15.3. The third-order valence-electron chi connectivity index (χ3n) is 12.0. The fraction of sp³-hybridized carbons (Fsp3) is 0.